The highest BCUT2D eigenvalue weighted by atomic mass is 16.5. The van der Waals surface area contributed by atoms with E-state index in [-0.39, 0.29) is 12.4 Å². The third kappa shape index (κ3) is 4.72. The molecule has 0 bridgehead atoms. The van der Waals surface area contributed by atoms with Gasteiger partial charge in [0.1, 0.15) is 17.6 Å². The molecule has 4 heteroatoms. The largest absolute Gasteiger partial charge is 0.494 e. The van der Waals surface area contributed by atoms with Crippen molar-refractivity contribution in [2.24, 2.45) is 0 Å². The van der Waals surface area contributed by atoms with E-state index in [0.717, 1.165) is 11.3 Å². The van der Waals surface area contributed by atoms with Gasteiger partial charge in [0.15, 0.2) is 12.4 Å². The van der Waals surface area contributed by atoms with Crippen molar-refractivity contribution in [3.8, 4) is 17.6 Å². The lowest BCUT2D eigenvalue weighted by Crippen LogP contribution is -1.97. The molecule has 2 aromatic rings. The highest BCUT2D eigenvalue weighted by Gasteiger charge is 2.04. The zero-order chi connectivity index (χ0) is 16.5. The summed E-state index contributed by atoms with van der Waals surface area (Å²) in [6.07, 6.45) is 3.18. The second-order valence-electron chi connectivity index (χ2n) is 4.64. The normalized spacial score (nSPS) is 10.3. The molecule has 0 fully saturated rings. The van der Waals surface area contributed by atoms with Crippen LogP contribution in [-0.4, -0.2) is 19.0 Å². The van der Waals surface area contributed by atoms with E-state index in [1.807, 2.05) is 31.2 Å². The molecule has 0 atom stereocenters. The second-order valence-corrected chi connectivity index (χ2v) is 4.64. The maximum absolute atomic E-state index is 12.2. The van der Waals surface area contributed by atoms with Gasteiger partial charge in [0.05, 0.1) is 6.61 Å². The molecular formula is C19H17NO3. The van der Waals surface area contributed by atoms with Gasteiger partial charge in [-0.2, -0.15) is 5.26 Å². The van der Waals surface area contributed by atoms with Crippen LogP contribution in [-0.2, 0) is 0 Å². The number of allylic oxidation sites excluding steroid dienone is 1. The topological polar surface area (TPSA) is 59.3 Å². The van der Waals surface area contributed by atoms with Gasteiger partial charge in [-0.15, -0.1) is 0 Å². The maximum atomic E-state index is 12.2. The first kappa shape index (κ1) is 16.3. The predicted molar refractivity (Wildman–Crippen MR) is 88.5 cm³/mol. The van der Waals surface area contributed by atoms with Crippen molar-refractivity contribution in [1.29, 1.82) is 5.26 Å². The number of hydrogen-bond acceptors (Lipinski definition) is 4. The van der Waals surface area contributed by atoms with Gasteiger partial charge in [-0.1, -0.05) is 18.2 Å². The fourth-order valence-electron chi connectivity index (χ4n) is 2.00. The number of rotatable bonds is 7. The van der Waals surface area contributed by atoms with Crippen molar-refractivity contribution in [3.63, 3.8) is 0 Å². The Kier molecular flexibility index (Phi) is 5.96. The van der Waals surface area contributed by atoms with Gasteiger partial charge in [-0.25, -0.2) is 0 Å². The standard InChI is InChI=1S/C19H17NO3/c1-2-22-17-10-7-15(8-11-17)18(21)12-9-16-5-3-4-6-19(16)23-14-13-20/h3-12H,2,14H2,1H3/b12-9+. The first-order chi connectivity index (χ1) is 11.2. The zero-order valence-corrected chi connectivity index (χ0v) is 12.9. The molecule has 0 radical (unpaired) electrons. The Hall–Kier alpha value is -3.06. The van der Waals surface area contributed by atoms with Crippen molar-refractivity contribution < 1.29 is 14.3 Å². The highest BCUT2D eigenvalue weighted by Crippen LogP contribution is 2.20. The Morgan fingerprint density at radius 1 is 1.13 bits per heavy atom. The van der Waals surface area contributed by atoms with Gasteiger partial charge in [0, 0.05) is 11.1 Å². The lowest BCUT2D eigenvalue weighted by molar-refractivity contribution is 0.104. The van der Waals surface area contributed by atoms with Gasteiger partial charge >= 0.3 is 0 Å². The van der Waals surface area contributed by atoms with E-state index in [2.05, 4.69) is 0 Å². The zero-order valence-electron chi connectivity index (χ0n) is 12.9. The van der Waals surface area contributed by atoms with E-state index in [0.29, 0.717) is 17.9 Å². The molecule has 2 aromatic carbocycles. The molecule has 0 aromatic heterocycles. The van der Waals surface area contributed by atoms with Crippen LogP contribution in [0.2, 0.25) is 0 Å². The quantitative estimate of drug-likeness (QED) is 0.575. The minimum atomic E-state index is -0.108. The van der Waals surface area contributed by atoms with Gasteiger partial charge in [0.2, 0.25) is 0 Å². The molecule has 2 rings (SSSR count). The van der Waals surface area contributed by atoms with Crippen LogP contribution >= 0.6 is 0 Å². The Balaban J connectivity index is 2.10. The van der Waals surface area contributed by atoms with Crippen LogP contribution < -0.4 is 9.47 Å². The number of ketones is 1. The predicted octanol–water partition coefficient (Wildman–Crippen LogP) is 3.88. The molecule has 4 nitrogen and oxygen atoms in total. The molecule has 0 heterocycles. The van der Waals surface area contributed by atoms with Crippen LogP contribution in [0, 0.1) is 11.3 Å². The summed E-state index contributed by atoms with van der Waals surface area (Å²) in [6, 6.07) is 16.2. The third-order valence-corrected chi connectivity index (χ3v) is 3.08. The lowest BCUT2D eigenvalue weighted by atomic mass is 10.1. The molecular weight excluding hydrogens is 290 g/mol. The molecule has 23 heavy (non-hydrogen) atoms. The molecule has 0 N–H and O–H groups in total. The van der Waals surface area contributed by atoms with Crippen LogP contribution in [0.4, 0.5) is 0 Å². The van der Waals surface area contributed by atoms with E-state index in [4.69, 9.17) is 14.7 Å². The number of carbonyl (C=O) groups excluding carboxylic acids is 1. The Labute approximate surface area is 135 Å². The molecule has 0 unspecified atom stereocenters. The highest BCUT2D eigenvalue weighted by molar-refractivity contribution is 6.07. The maximum Gasteiger partial charge on any atom is 0.185 e. The summed E-state index contributed by atoms with van der Waals surface area (Å²) in [5.41, 5.74) is 1.34. The molecule has 0 spiro atoms. The van der Waals surface area contributed by atoms with E-state index < -0.39 is 0 Å². The third-order valence-electron chi connectivity index (χ3n) is 3.08. The fourth-order valence-corrected chi connectivity index (χ4v) is 2.00. The summed E-state index contributed by atoms with van der Waals surface area (Å²) in [5, 5.41) is 8.59. The van der Waals surface area contributed by atoms with Crippen molar-refractivity contribution >= 4 is 11.9 Å². The van der Waals surface area contributed by atoms with Gasteiger partial charge in [0.25, 0.3) is 0 Å². The smallest absolute Gasteiger partial charge is 0.185 e. The van der Waals surface area contributed by atoms with E-state index in [1.54, 1.807) is 36.4 Å². The number of nitrogens with zero attached hydrogens (tertiary/aromatic N) is 1. The number of para-hydroxylation sites is 1. The molecule has 0 aliphatic heterocycles. The molecule has 0 amide bonds. The molecule has 0 aliphatic rings. The average molecular weight is 307 g/mol. The SMILES string of the molecule is CCOc1ccc(C(=O)/C=C/c2ccccc2OCC#N)cc1. The summed E-state index contributed by atoms with van der Waals surface area (Å²) < 4.78 is 10.7. The van der Waals surface area contributed by atoms with Crippen molar-refractivity contribution in [1.82, 2.24) is 0 Å². The number of hydrogen-bond donors (Lipinski definition) is 0. The van der Waals surface area contributed by atoms with E-state index in [1.165, 1.54) is 6.08 Å². The molecule has 0 aliphatic carbocycles. The van der Waals surface area contributed by atoms with Gasteiger partial charge < -0.3 is 9.47 Å². The van der Waals surface area contributed by atoms with Crippen LogP contribution in [0.1, 0.15) is 22.8 Å². The van der Waals surface area contributed by atoms with Crippen LogP contribution in [0.3, 0.4) is 0 Å². The Morgan fingerprint density at radius 2 is 1.87 bits per heavy atom. The minimum absolute atomic E-state index is 0.0301. The summed E-state index contributed by atoms with van der Waals surface area (Å²) >= 11 is 0. The lowest BCUT2D eigenvalue weighted by Gasteiger charge is -2.05. The first-order valence-corrected chi connectivity index (χ1v) is 7.28. The van der Waals surface area contributed by atoms with Crippen molar-refractivity contribution in [3.05, 3.63) is 65.7 Å². The first-order valence-electron chi connectivity index (χ1n) is 7.28. The number of ether oxygens (including phenoxy) is 2. The van der Waals surface area contributed by atoms with Crippen LogP contribution in [0.5, 0.6) is 11.5 Å². The number of nitriles is 1. The van der Waals surface area contributed by atoms with Gasteiger partial charge in [-0.05, 0) is 49.4 Å². The van der Waals surface area contributed by atoms with Crippen molar-refractivity contribution in [2.45, 2.75) is 6.92 Å². The molecule has 116 valence electrons. The van der Waals surface area contributed by atoms with Crippen LogP contribution in [0.25, 0.3) is 6.08 Å². The molecule has 0 saturated heterocycles. The summed E-state index contributed by atoms with van der Waals surface area (Å²) in [7, 11) is 0. The second kappa shape index (κ2) is 8.40. The number of carbonyl (C=O) groups is 1. The fraction of sp³-hybridized carbons (Fsp3) is 0.158. The minimum Gasteiger partial charge on any atom is -0.494 e. The van der Waals surface area contributed by atoms with Gasteiger partial charge in [-0.3, -0.25) is 4.79 Å². The monoisotopic (exact) mass is 307 g/mol. The summed E-state index contributed by atoms with van der Waals surface area (Å²) in [5.74, 6) is 1.20. The van der Waals surface area contributed by atoms with E-state index in [9.17, 15) is 4.79 Å². The summed E-state index contributed by atoms with van der Waals surface area (Å²) in [6.45, 7) is 2.47. The van der Waals surface area contributed by atoms with Crippen molar-refractivity contribution in [2.75, 3.05) is 13.2 Å². The Bertz CT molecular complexity index is 727. The molecule has 0 saturated carbocycles. The average Bonchev–Trinajstić information content (AvgIpc) is 2.59. The Morgan fingerprint density at radius 3 is 2.57 bits per heavy atom. The number of benzene rings is 2. The van der Waals surface area contributed by atoms with E-state index >= 15 is 0 Å². The summed E-state index contributed by atoms with van der Waals surface area (Å²) in [4.78, 5) is 12.2. The van der Waals surface area contributed by atoms with Crippen LogP contribution in [0.15, 0.2) is 54.6 Å².